The Hall–Kier alpha value is -3.11. The largest absolute Gasteiger partial charge is 0.367 e. The summed E-state index contributed by atoms with van der Waals surface area (Å²) in [5.74, 6) is 0.523. The number of anilines is 3. The summed E-state index contributed by atoms with van der Waals surface area (Å²) in [5, 5.41) is 20.6. The minimum Gasteiger partial charge on any atom is -0.367 e. The molecule has 1 amide bonds. The summed E-state index contributed by atoms with van der Waals surface area (Å²) in [4.78, 5) is 22.0. The van der Waals surface area contributed by atoms with E-state index in [0.717, 1.165) is 0 Å². The van der Waals surface area contributed by atoms with E-state index in [1.54, 1.807) is 41.5 Å². The van der Waals surface area contributed by atoms with Gasteiger partial charge in [0.2, 0.25) is 0 Å². The van der Waals surface area contributed by atoms with Crippen molar-refractivity contribution in [3.8, 4) is 0 Å². The van der Waals surface area contributed by atoms with Crippen LogP contribution in [0.3, 0.4) is 0 Å². The number of amides is 1. The number of aromatic nitrogens is 5. The standard InChI is InChI=1S/C14H14N8O2/c15-14(24)2-4-22(13(14)23)9-1-3-16-10(5-9)19-11-6-12-20-18-8-21(12)7-17-11/h1,3,5-8,24H,2,4,15H2,(H,16,19)/t14-/m1/s1. The van der Waals surface area contributed by atoms with E-state index in [1.165, 1.54) is 4.90 Å². The number of fused-ring (bicyclic) bond motifs is 1. The Morgan fingerprint density at radius 3 is 2.88 bits per heavy atom. The zero-order valence-corrected chi connectivity index (χ0v) is 12.5. The Morgan fingerprint density at radius 2 is 2.08 bits per heavy atom. The molecule has 0 saturated carbocycles. The van der Waals surface area contributed by atoms with Gasteiger partial charge in [-0.2, -0.15) is 0 Å². The molecule has 1 fully saturated rings. The lowest BCUT2D eigenvalue weighted by atomic mass is 10.2. The molecular weight excluding hydrogens is 312 g/mol. The van der Waals surface area contributed by atoms with E-state index in [4.69, 9.17) is 5.73 Å². The van der Waals surface area contributed by atoms with Crippen molar-refractivity contribution in [2.24, 2.45) is 5.73 Å². The molecule has 4 heterocycles. The molecule has 0 unspecified atom stereocenters. The van der Waals surface area contributed by atoms with Crippen LogP contribution in [-0.2, 0) is 4.79 Å². The van der Waals surface area contributed by atoms with Gasteiger partial charge in [-0.15, -0.1) is 10.2 Å². The van der Waals surface area contributed by atoms with Crippen molar-refractivity contribution >= 4 is 28.9 Å². The van der Waals surface area contributed by atoms with Gasteiger partial charge in [-0.05, 0) is 6.07 Å². The van der Waals surface area contributed by atoms with Gasteiger partial charge in [0, 0.05) is 37.0 Å². The Balaban J connectivity index is 1.59. The van der Waals surface area contributed by atoms with Crippen LogP contribution < -0.4 is 16.0 Å². The zero-order valence-electron chi connectivity index (χ0n) is 12.5. The van der Waals surface area contributed by atoms with Crippen LogP contribution in [0.2, 0.25) is 0 Å². The van der Waals surface area contributed by atoms with E-state index < -0.39 is 11.6 Å². The molecule has 3 aromatic rings. The third-order valence-corrected chi connectivity index (χ3v) is 3.83. The first kappa shape index (κ1) is 14.5. The number of hydrogen-bond donors (Lipinski definition) is 3. The number of nitrogens with one attached hydrogen (secondary N) is 1. The molecule has 0 radical (unpaired) electrons. The molecule has 1 saturated heterocycles. The minimum absolute atomic E-state index is 0.183. The van der Waals surface area contributed by atoms with E-state index in [0.29, 0.717) is 29.5 Å². The van der Waals surface area contributed by atoms with Crippen molar-refractivity contribution in [3.63, 3.8) is 0 Å². The lowest BCUT2D eigenvalue weighted by Gasteiger charge is -2.19. The highest BCUT2D eigenvalue weighted by Gasteiger charge is 2.42. The number of hydrogen-bond acceptors (Lipinski definition) is 8. The molecule has 0 aromatic carbocycles. The van der Waals surface area contributed by atoms with Crippen molar-refractivity contribution < 1.29 is 9.90 Å². The van der Waals surface area contributed by atoms with E-state index in [-0.39, 0.29) is 6.42 Å². The van der Waals surface area contributed by atoms with Crippen LogP contribution in [0.5, 0.6) is 0 Å². The second-order valence-electron chi connectivity index (χ2n) is 5.53. The molecule has 1 atom stereocenters. The molecule has 1 aliphatic heterocycles. The first-order valence-corrected chi connectivity index (χ1v) is 7.25. The molecule has 0 aliphatic carbocycles. The highest BCUT2D eigenvalue weighted by molar-refractivity contribution is 6.01. The molecule has 0 bridgehead atoms. The number of rotatable bonds is 3. The van der Waals surface area contributed by atoms with Gasteiger partial charge in [0.1, 0.15) is 24.3 Å². The average Bonchev–Trinajstić information content (AvgIpc) is 3.12. The van der Waals surface area contributed by atoms with E-state index in [9.17, 15) is 9.90 Å². The van der Waals surface area contributed by atoms with Crippen LogP contribution in [0.4, 0.5) is 17.3 Å². The fraction of sp³-hybridized carbons (Fsp3) is 0.214. The van der Waals surface area contributed by atoms with Crippen LogP contribution >= 0.6 is 0 Å². The first-order chi connectivity index (χ1) is 11.5. The molecule has 3 aromatic heterocycles. The van der Waals surface area contributed by atoms with Gasteiger partial charge in [-0.3, -0.25) is 14.9 Å². The van der Waals surface area contributed by atoms with E-state index >= 15 is 0 Å². The van der Waals surface area contributed by atoms with Crippen LogP contribution in [0.25, 0.3) is 5.65 Å². The first-order valence-electron chi connectivity index (χ1n) is 7.25. The van der Waals surface area contributed by atoms with Crippen molar-refractivity contribution in [2.75, 3.05) is 16.8 Å². The number of pyridine rings is 1. The van der Waals surface area contributed by atoms with Gasteiger partial charge in [0.05, 0.1) is 0 Å². The zero-order chi connectivity index (χ0) is 16.7. The summed E-state index contributed by atoms with van der Waals surface area (Å²) in [6.45, 7) is 0.346. The number of nitrogens with two attached hydrogens (primary N) is 1. The lowest BCUT2D eigenvalue weighted by Crippen LogP contribution is -2.47. The topological polar surface area (TPSA) is 135 Å². The third kappa shape index (κ3) is 2.43. The van der Waals surface area contributed by atoms with Crippen LogP contribution in [0.1, 0.15) is 6.42 Å². The summed E-state index contributed by atoms with van der Waals surface area (Å²) in [6.07, 6.45) is 4.88. The highest BCUT2D eigenvalue weighted by Crippen LogP contribution is 2.27. The van der Waals surface area contributed by atoms with Gasteiger partial charge in [-0.1, -0.05) is 0 Å². The Morgan fingerprint density at radius 1 is 1.25 bits per heavy atom. The summed E-state index contributed by atoms with van der Waals surface area (Å²) < 4.78 is 1.68. The normalized spacial score (nSPS) is 20.8. The summed E-state index contributed by atoms with van der Waals surface area (Å²) in [5.41, 5.74) is 5.00. The Kier molecular flexibility index (Phi) is 3.15. The van der Waals surface area contributed by atoms with Crippen LogP contribution in [0.15, 0.2) is 37.1 Å². The fourth-order valence-corrected chi connectivity index (χ4v) is 2.55. The molecule has 10 nitrogen and oxygen atoms in total. The maximum Gasteiger partial charge on any atom is 0.274 e. The smallest absolute Gasteiger partial charge is 0.274 e. The lowest BCUT2D eigenvalue weighted by molar-refractivity contribution is -0.132. The maximum absolute atomic E-state index is 12.1. The summed E-state index contributed by atoms with van der Waals surface area (Å²) in [6, 6.07) is 5.09. The molecule has 4 rings (SSSR count). The quantitative estimate of drug-likeness (QED) is 0.556. The maximum atomic E-state index is 12.1. The Bertz CT molecular complexity index is 922. The van der Waals surface area contributed by atoms with E-state index in [1.807, 2.05) is 0 Å². The molecular formula is C14H14N8O2. The third-order valence-electron chi connectivity index (χ3n) is 3.83. The highest BCUT2D eigenvalue weighted by atomic mass is 16.3. The molecule has 24 heavy (non-hydrogen) atoms. The predicted octanol–water partition coefficient (Wildman–Crippen LogP) is -0.353. The SMILES string of the molecule is N[C@@]1(O)CCN(c2ccnc(Nc3cc4nncn4cn3)c2)C1=O. The minimum atomic E-state index is -1.81. The average molecular weight is 326 g/mol. The number of aliphatic hydroxyl groups is 1. The number of carbonyl (C=O) groups is 1. The monoisotopic (exact) mass is 326 g/mol. The Labute approximate surface area is 136 Å². The fourth-order valence-electron chi connectivity index (χ4n) is 2.55. The number of nitrogens with zero attached hydrogens (tertiary/aromatic N) is 6. The van der Waals surface area contributed by atoms with Crippen LogP contribution in [-0.4, -0.2) is 47.8 Å². The van der Waals surface area contributed by atoms with Crippen molar-refractivity contribution in [3.05, 3.63) is 37.1 Å². The van der Waals surface area contributed by atoms with Crippen LogP contribution in [0, 0.1) is 0 Å². The molecule has 4 N–H and O–H groups in total. The summed E-state index contributed by atoms with van der Waals surface area (Å²) >= 11 is 0. The van der Waals surface area contributed by atoms with Gasteiger partial charge >= 0.3 is 0 Å². The number of carbonyl (C=O) groups excluding carboxylic acids is 1. The molecule has 10 heteroatoms. The second kappa shape index (κ2) is 5.22. The van der Waals surface area contributed by atoms with Gasteiger partial charge < -0.3 is 15.3 Å². The van der Waals surface area contributed by atoms with Gasteiger partial charge in [0.15, 0.2) is 11.4 Å². The van der Waals surface area contributed by atoms with E-state index in [2.05, 4.69) is 25.5 Å². The second-order valence-corrected chi connectivity index (χ2v) is 5.53. The predicted molar refractivity (Wildman–Crippen MR) is 84.4 cm³/mol. The summed E-state index contributed by atoms with van der Waals surface area (Å²) in [7, 11) is 0. The van der Waals surface area contributed by atoms with Crippen molar-refractivity contribution in [2.45, 2.75) is 12.1 Å². The molecule has 1 aliphatic rings. The molecule has 0 spiro atoms. The van der Waals surface area contributed by atoms with Gasteiger partial charge in [-0.25, -0.2) is 9.97 Å². The van der Waals surface area contributed by atoms with Crippen molar-refractivity contribution in [1.82, 2.24) is 24.6 Å². The van der Waals surface area contributed by atoms with Crippen molar-refractivity contribution in [1.29, 1.82) is 0 Å². The van der Waals surface area contributed by atoms with Gasteiger partial charge in [0.25, 0.3) is 5.91 Å². The molecule has 122 valence electrons.